The van der Waals surface area contributed by atoms with Crippen molar-refractivity contribution < 1.29 is 0 Å². The van der Waals surface area contributed by atoms with Crippen molar-refractivity contribution in [1.82, 2.24) is 15.1 Å². The highest BCUT2D eigenvalue weighted by atomic mass is 35.5. The molecule has 2 atom stereocenters. The van der Waals surface area contributed by atoms with Gasteiger partial charge in [0, 0.05) is 25.0 Å². The Bertz CT molecular complexity index is 651. The summed E-state index contributed by atoms with van der Waals surface area (Å²) in [7, 11) is 0. The average molecular weight is 333 g/mol. The maximum absolute atomic E-state index is 6.18. The zero-order valence-corrected chi connectivity index (χ0v) is 14.7. The van der Waals surface area contributed by atoms with E-state index in [1.165, 1.54) is 19.5 Å². The Labute approximate surface area is 143 Å². The Morgan fingerprint density at radius 3 is 2.83 bits per heavy atom. The molecule has 1 aliphatic rings. The topological polar surface area (TPSA) is 41.0 Å². The van der Waals surface area contributed by atoms with Gasteiger partial charge in [0.15, 0.2) is 0 Å². The molecule has 1 fully saturated rings. The van der Waals surface area contributed by atoms with Crippen LogP contribution in [0.4, 0.5) is 5.69 Å². The fourth-order valence-electron chi connectivity index (χ4n) is 3.69. The SMILES string of the molecule is C[C@@H]1C[C@@H](C)CN(CCCNc2cnnc3c(Cl)cccc23)C1. The van der Waals surface area contributed by atoms with Crippen LogP contribution in [0.1, 0.15) is 26.7 Å². The molecule has 23 heavy (non-hydrogen) atoms. The van der Waals surface area contributed by atoms with Gasteiger partial charge in [0.2, 0.25) is 0 Å². The number of rotatable bonds is 5. The van der Waals surface area contributed by atoms with Gasteiger partial charge in [-0.05, 0) is 37.3 Å². The highest BCUT2D eigenvalue weighted by Crippen LogP contribution is 2.26. The Balaban J connectivity index is 1.54. The monoisotopic (exact) mass is 332 g/mol. The molecule has 0 spiro atoms. The highest BCUT2D eigenvalue weighted by molar-refractivity contribution is 6.35. The van der Waals surface area contributed by atoms with Crippen molar-refractivity contribution in [3.63, 3.8) is 0 Å². The number of anilines is 1. The molecular weight excluding hydrogens is 308 g/mol. The van der Waals surface area contributed by atoms with Crippen LogP contribution < -0.4 is 5.32 Å². The van der Waals surface area contributed by atoms with Crippen molar-refractivity contribution in [3.8, 4) is 0 Å². The second-order valence-corrected chi connectivity index (χ2v) is 7.29. The Morgan fingerprint density at radius 2 is 2.04 bits per heavy atom. The summed E-state index contributed by atoms with van der Waals surface area (Å²) in [6.45, 7) is 9.28. The van der Waals surface area contributed by atoms with Crippen LogP contribution in [0.5, 0.6) is 0 Å². The molecule has 3 rings (SSSR count). The molecule has 0 unspecified atom stereocenters. The van der Waals surface area contributed by atoms with E-state index in [2.05, 4.69) is 34.3 Å². The number of benzene rings is 1. The maximum atomic E-state index is 6.18. The molecule has 0 radical (unpaired) electrons. The molecule has 1 aromatic heterocycles. The lowest BCUT2D eigenvalue weighted by Gasteiger charge is -2.35. The number of aromatic nitrogens is 2. The fraction of sp³-hybridized carbons (Fsp3) is 0.556. The van der Waals surface area contributed by atoms with E-state index in [-0.39, 0.29) is 0 Å². The van der Waals surface area contributed by atoms with Crippen LogP contribution in [0, 0.1) is 11.8 Å². The van der Waals surface area contributed by atoms with E-state index >= 15 is 0 Å². The van der Waals surface area contributed by atoms with Gasteiger partial charge in [0.1, 0.15) is 5.52 Å². The summed E-state index contributed by atoms with van der Waals surface area (Å²) in [5.41, 5.74) is 1.77. The summed E-state index contributed by atoms with van der Waals surface area (Å²) in [5.74, 6) is 1.64. The van der Waals surface area contributed by atoms with Crippen LogP contribution in [0.2, 0.25) is 5.02 Å². The Kier molecular flexibility index (Phi) is 5.34. The van der Waals surface area contributed by atoms with Crippen molar-refractivity contribution >= 4 is 28.2 Å². The van der Waals surface area contributed by atoms with Crippen LogP contribution in [-0.4, -0.2) is 41.3 Å². The zero-order valence-electron chi connectivity index (χ0n) is 13.9. The summed E-state index contributed by atoms with van der Waals surface area (Å²) in [5, 5.41) is 13.4. The number of hydrogen-bond acceptors (Lipinski definition) is 4. The lowest BCUT2D eigenvalue weighted by molar-refractivity contribution is 0.141. The first-order valence-electron chi connectivity index (χ1n) is 8.49. The third kappa shape index (κ3) is 4.12. The van der Waals surface area contributed by atoms with Gasteiger partial charge in [-0.25, -0.2) is 0 Å². The molecule has 124 valence electrons. The maximum Gasteiger partial charge on any atom is 0.114 e. The molecule has 0 amide bonds. The molecular formula is C18H25ClN4. The smallest absolute Gasteiger partial charge is 0.114 e. The zero-order chi connectivity index (χ0) is 16.2. The number of fused-ring (bicyclic) bond motifs is 1. The van der Waals surface area contributed by atoms with Crippen molar-refractivity contribution in [2.24, 2.45) is 11.8 Å². The molecule has 0 bridgehead atoms. The predicted octanol–water partition coefficient (Wildman–Crippen LogP) is 4.06. The van der Waals surface area contributed by atoms with Gasteiger partial charge < -0.3 is 10.2 Å². The molecule has 2 heterocycles. The molecule has 5 heteroatoms. The van der Waals surface area contributed by atoms with E-state index < -0.39 is 0 Å². The van der Waals surface area contributed by atoms with Crippen LogP contribution in [0.15, 0.2) is 24.4 Å². The van der Waals surface area contributed by atoms with E-state index in [4.69, 9.17) is 11.6 Å². The first-order chi connectivity index (χ1) is 11.1. The minimum absolute atomic E-state index is 0.648. The molecule has 1 aromatic carbocycles. The summed E-state index contributed by atoms with van der Waals surface area (Å²) >= 11 is 6.18. The molecule has 0 saturated carbocycles. The number of nitrogens with zero attached hydrogens (tertiary/aromatic N) is 3. The molecule has 1 saturated heterocycles. The third-order valence-electron chi connectivity index (χ3n) is 4.53. The summed E-state index contributed by atoms with van der Waals surface area (Å²) < 4.78 is 0. The fourth-order valence-corrected chi connectivity index (χ4v) is 3.90. The van der Waals surface area contributed by atoms with Gasteiger partial charge >= 0.3 is 0 Å². The van der Waals surface area contributed by atoms with Gasteiger partial charge in [-0.3, -0.25) is 0 Å². The van der Waals surface area contributed by atoms with Crippen LogP contribution in [0.3, 0.4) is 0 Å². The third-order valence-corrected chi connectivity index (χ3v) is 4.84. The second-order valence-electron chi connectivity index (χ2n) is 6.88. The van der Waals surface area contributed by atoms with Crippen molar-refractivity contribution in [2.45, 2.75) is 26.7 Å². The first kappa shape index (κ1) is 16.5. The van der Waals surface area contributed by atoms with Crippen LogP contribution >= 0.6 is 11.6 Å². The second kappa shape index (κ2) is 7.45. The number of halogens is 1. The van der Waals surface area contributed by atoms with Crippen LogP contribution in [0.25, 0.3) is 10.9 Å². The van der Waals surface area contributed by atoms with Gasteiger partial charge in [-0.1, -0.05) is 37.6 Å². The Hall–Kier alpha value is -1.39. The summed E-state index contributed by atoms with van der Waals surface area (Å²) in [6, 6.07) is 5.83. The highest BCUT2D eigenvalue weighted by Gasteiger charge is 2.20. The van der Waals surface area contributed by atoms with Crippen molar-refractivity contribution in [2.75, 3.05) is 31.5 Å². The van der Waals surface area contributed by atoms with Crippen molar-refractivity contribution in [3.05, 3.63) is 29.4 Å². The van der Waals surface area contributed by atoms with Crippen LogP contribution in [-0.2, 0) is 0 Å². The molecule has 1 aliphatic heterocycles. The predicted molar refractivity (Wildman–Crippen MR) is 97.0 cm³/mol. The quantitative estimate of drug-likeness (QED) is 0.838. The molecule has 2 aromatic rings. The lowest BCUT2D eigenvalue weighted by Crippen LogP contribution is -2.39. The normalized spacial score (nSPS) is 22.4. The van der Waals surface area contributed by atoms with E-state index in [9.17, 15) is 0 Å². The largest absolute Gasteiger partial charge is 0.383 e. The minimum Gasteiger partial charge on any atom is -0.383 e. The molecule has 4 nitrogen and oxygen atoms in total. The molecule has 0 aliphatic carbocycles. The van der Waals surface area contributed by atoms with E-state index in [1.54, 1.807) is 6.20 Å². The van der Waals surface area contributed by atoms with E-state index in [0.29, 0.717) is 5.02 Å². The molecule has 1 N–H and O–H groups in total. The number of hydrogen-bond donors (Lipinski definition) is 1. The first-order valence-corrected chi connectivity index (χ1v) is 8.87. The lowest BCUT2D eigenvalue weighted by atomic mass is 9.92. The Morgan fingerprint density at radius 1 is 1.26 bits per heavy atom. The van der Waals surface area contributed by atoms with Gasteiger partial charge in [-0.15, -0.1) is 5.10 Å². The standard InChI is InChI=1S/C18H25ClN4/c1-13-9-14(2)12-23(11-13)8-4-7-20-17-10-21-22-18-15(17)5-3-6-16(18)19/h3,5-6,10,13-14H,4,7-9,11-12H2,1-2H3,(H,20,22)/t13-,14-/m1/s1. The van der Waals surface area contributed by atoms with E-state index in [0.717, 1.165) is 47.9 Å². The summed E-state index contributed by atoms with van der Waals surface area (Å²) in [4.78, 5) is 2.60. The number of likely N-dealkylation sites (tertiary alicyclic amines) is 1. The number of piperidine rings is 1. The average Bonchev–Trinajstić information content (AvgIpc) is 2.51. The van der Waals surface area contributed by atoms with E-state index in [1.807, 2.05) is 18.2 Å². The minimum atomic E-state index is 0.648. The van der Waals surface area contributed by atoms with Gasteiger partial charge in [0.25, 0.3) is 0 Å². The summed E-state index contributed by atoms with van der Waals surface area (Å²) in [6.07, 6.45) is 4.28. The van der Waals surface area contributed by atoms with Crippen molar-refractivity contribution in [1.29, 1.82) is 0 Å². The number of nitrogens with one attached hydrogen (secondary N) is 1. The van der Waals surface area contributed by atoms with Gasteiger partial charge in [0.05, 0.1) is 16.9 Å². The van der Waals surface area contributed by atoms with Gasteiger partial charge in [-0.2, -0.15) is 5.10 Å².